The molecule has 150 valence electrons. The average Bonchev–Trinajstić information content (AvgIpc) is 3.28. The lowest BCUT2D eigenvalue weighted by atomic mass is 10.1. The van der Waals surface area contributed by atoms with Crippen molar-refractivity contribution in [1.29, 1.82) is 0 Å². The highest BCUT2D eigenvalue weighted by Gasteiger charge is 2.51. The number of nitrogens with one attached hydrogen (secondary N) is 2. The first-order chi connectivity index (χ1) is 14.0. The van der Waals surface area contributed by atoms with E-state index in [0.29, 0.717) is 30.2 Å². The molecule has 3 aromatic rings. The Morgan fingerprint density at radius 3 is 2.48 bits per heavy atom. The van der Waals surface area contributed by atoms with E-state index in [0.717, 1.165) is 22.2 Å². The van der Waals surface area contributed by atoms with Crippen molar-refractivity contribution in [2.75, 3.05) is 11.9 Å². The minimum Gasteiger partial charge on any atom is -0.493 e. The number of carbonyl (C=O) groups excluding carboxylic acids is 2. The minimum absolute atomic E-state index is 0.177. The summed E-state index contributed by atoms with van der Waals surface area (Å²) in [4.78, 5) is 26.0. The monoisotopic (exact) mass is 408 g/mol. The molecule has 1 aromatic heterocycles. The van der Waals surface area contributed by atoms with Crippen molar-refractivity contribution in [3.63, 3.8) is 0 Å². The number of fused-ring (bicyclic) bond motifs is 1. The van der Waals surface area contributed by atoms with Gasteiger partial charge in [0.15, 0.2) is 0 Å². The van der Waals surface area contributed by atoms with E-state index in [9.17, 15) is 9.59 Å². The summed E-state index contributed by atoms with van der Waals surface area (Å²) in [5.41, 5.74) is -0.103. The summed E-state index contributed by atoms with van der Waals surface area (Å²) in [6.07, 6.45) is 1.28. The second-order valence-electron chi connectivity index (χ2n) is 7.83. The summed E-state index contributed by atoms with van der Waals surface area (Å²) in [6, 6.07) is 15.2. The minimum atomic E-state index is -0.824. The van der Waals surface area contributed by atoms with E-state index in [2.05, 4.69) is 24.5 Å². The van der Waals surface area contributed by atoms with Crippen molar-refractivity contribution in [1.82, 2.24) is 5.32 Å². The molecule has 1 saturated carbocycles. The Hall–Kier alpha value is -2.86. The molecular weight excluding hydrogens is 384 g/mol. The number of amides is 2. The summed E-state index contributed by atoms with van der Waals surface area (Å²) in [5.74, 6) is 0.854. The van der Waals surface area contributed by atoms with Gasteiger partial charge in [-0.3, -0.25) is 9.59 Å². The summed E-state index contributed by atoms with van der Waals surface area (Å²) in [5, 5.41) is 9.67. The standard InChI is InChI=1S/C23H24N2O3S/c1-15(2)14-28-19-10-9-18(16-6-3-4-7-17(16)19)24-22(27)23(11-12-23)25-21(26)20-8-5-13-29-20/h3-10,13,15H,11-12,14H2,1-2H3,(H,24,27)(H,25,26). The van der Waals surface area contributed by atoms with Gasteiger partial charge in [-0.05, 0) is 42.3 Å². The third-order valence-corrected chi connectivity index (χ3v) is 5.86. The Kier molecular flexibility index (Phi) is 5.28. The van der Waals surface area contributed by atoms with E-state index < -0.39 is 5.54 Å². The van der Waals surface area contributed by atoms with Gasteiger partial charge in [-0.25, -0.2) is 0 Å². The van der Waals surface area contributed by atoms with E-state index >= 15 is 0 Å². The molecule has 1 fully saturated rings. The molecular formula is C23H24N2O3S. The molecule has 29 heavy (non-hydrogen) atoms. The molecule has 0 aliphatic heterocycles. The van der Waals surface area contributed by atoms with Gasteiger partial charge in [-0.2, -0.15) is 0 Å². The fraction of sp³-hybridized carbons (Fsp3) is 0.304. The molecule has 2 amide bonds. The van der Waals surface area contributed by atoms with Gasteiger partial charge >= 0.3 is 0 Å². The molecule has 0 unspecified atom stereocenters. The zero-order valence-corrected chi connectivity index (χ0v) is 17.3. The van der Waals surface area contributed by atoms with E-state index in [4.69, 9.17) is 4.74 Å². The van der Waals surface area contributed by atoms with Crippen molar-refractivity contribution in [3.05, 3.63) is 58.8 Å². The topological polar surface area (TPSA) is 67.4 Å². The molecule has 2 N–H and O–H groups in total. The molecule has 1 aliphatic rings. The first-order valence-electron chi connectivity index (χ1n) is 9.80. The zero-order chi connectivity index (χ0) is 20.4. The van der Waals surface area contributed by atoms with E-state index in [1.807, 2.05) is 47.8 Å². The van der Waals surface area contributed by atoms with Crippen molar-refractivity contribution in [2.24, 2.45) is 5.92 Å². The van der Waals surface area contributed by atoms with Gasteiger partial charge in [0.25, 0.3) is 5.91 Å². The van der Waals surface area contributed by atoms with E-state index in [1.165, 1.54) is 11.3 Å². The Morgan fingerprint density at radius 1 is 1.07 bits per heavy atom. The maximum absolute atomic E-state index is 13.0. The molecule has 1 aliphatic carbocycles. The summed E-state index contributed by atoms with van der Waals surface area (Å²) in [7, 11) is 0. The fourth-order valence-electron chi connectivity index (χ4n) is 3.23. The third-order valence-electron chi connectivity index (χ3n) is 4.99. The molecule has 5 nitrogen and oxygen atoms in total. The van der Waals surface area contributed by atoms with Crippen LogP contribution in [0.5, 0.6) is 5.75 Å². The number of benzene rings is 2. The van der Waals surface area contributed by atoms with Crippen LogP contribution in [0.15, 0.2) is 53.9 Å². The highest BCUT2D eigenvalue weighted by Crippen LogP contribution is 2.38. The quantitative estimate of drug-likeness (QED) is 0.588. The van der Waals surface area contributed by atoms with E-state index in [1.54, 1.807) is 6.07 Å². The predicted molar refractivity (Wildman–Crippen MR) is 117 cm³/mol. The SMILES string of the molecule is CC(C)COc1ccc(NC(=O)C2(NC(=O)c3cccs3)CC2)c2ccccc12. The third kappa shape index (κ3) is 4.12. The Balaban J connectivity index is 1.54. The lowest BCUT2D eigenvalue weighted by Gasteiger charge is -2.19. The molecule has 1 heterocycles. The number of rotatable bonds is 7. The van der Waals surface area contributed by atoms with Crippen LogP contribution in [-0.2, 0) is 4.79 Å². The van der Waals surface area contributed by atoms with Crippen LogP contribution in [0.2, 0.25) is 0 Å². The molecule has 0 atom stereocenters. The van der Waals surface area contributed by atoms with Crippen molar-refractivity contribution >= 4 is 39.6 Å². The van der Waals surface area contributed by atoms with Crippen molar-refractivity contribution in [3.8, 4) is 5.75 Å². The number of ether oxygens (including phenoxy) is 1. The van der Waals surface area contributed by atoms with Crippen LogP contribution in [0.3, 0.4) is 0 Å². The van der Waals surface area contributed by atoms with Crippen LogP contribution in [0.25, 0.3) is 10.8 Å². The Labute approximate surface area is 174 Å². The normalized spacial score (nSPS) is 14.6. The molecule has 6 heteroatoms. The van der Waals surface area contributed by atoms with E-state index in [-0.39, 0.29) is 11.8 Å². The van der Waals surface area contributed by atoms with Crippen LogP contribution in [-0.4, -0.2) is 24.0 Å². The lowest BCUT2D eigenvalue weighted by Crippen LogP contribution is -2.46. The lowest BCUT2D eigenvalue weighted by molar-refractivity contribution is -0.118. The van der Waals surface area contributed by atoms with Gasteiger partial charge in [-0.15, -0.1) is 11.3 Å². The largest absolute Gasteiger partial charge is 0.493 e. The Morgan fingerprint density at radius 2 is 1.83 bits per heavy atom. The van der Waals surface area contributed by atoms with Gasteiger partial charge < -0.3 is 15.4 Å². The van der Waals surface area contributed by atoms with Crippen LogP contribution in [0.1, 0.15) is 36.4 Å². The highest BCUT2D eigenvalue weighted by molar-refractivity contribution is 7.12. The maximum Gasteiger partial charge on any atom is 0.262 e. The van der Waals surface area contributed by atoms with Crippen molar-refractivity contribution in [2.45, 2.75) is 32.2 Å². The molecule has 0 spiro atoms. The number of anilines is 1. The second-order valence-corrected chi connectivity index (χ2v) is 8.78. The number of thiophene rings is 1. The maximum atomic E-state index is 13.0. The summed E-state index contributed by atoms with van der Waals surface area (Å²) < 4.78 is 5.95. The first kappa shape index (κ1) is 19.5. The van der Waals surface area contributed by atoms with Crippen molar-refractivity contribution < 1.29 is 14.3 Å². The molecule has 0 radical (unpaired) electrons. The molecule has 4 rings (SSSR count). The highest BCUT2D eigenvalue weighted by atomic mass is 32.1. The molecule has 0 bridgehead atoms. The Bertz CT molecular complexity index is 1040. The van der Waals surface area contributed by atoms with Gasteiger partial charge in [0.2, 0.25) is 5.91 Å². The van der Waals surface area contributed by atoms with Crippen LogP contribution in [0.4, 0.5) is 5.69 Å². The smallest absolute Gasteiger partial charge is 0.262 e. The summed E-state index contributed by atoms with van der Waals surface area (Å²) in [6.45, 7) is 4.85. The molecule has 0 saturated heterocycles. The average molecular weight is 409 g/mol. The zero-order valence-electron chi connectivity index (χ0n) is 16.5. The van der Waals surface area contributed by atoms with Gasteiger partial charge in [-0.1, -0.05) is 44.2 Å². The van der Waals surface area contributed by atoms with Crippen LogP contribution < -0.4 is 15.4 Å². The molecule has 2 aromatic carbocycles. The number of carbonyl (C=O) groups is 2. The van der Waals surface area contributed by atoms with Gasteiger partial charge in [0, 0.05) is 16.5 Å². The van der Waals surface area contributed by atoms with Crippen LogP contribution in [0, 0.1) is 5.92 Å². The first-order valence-corrected chi connectivity index (χ1v) is 10.7. The van der Waals surface area contributed by atoms with Gasteiger partial charge in [0.1, 0.15) is 11.3 Å². The van der Waals surface area contributed by atoms with Gasteiger partial charge in [0.05, 0.1) is 11.5 Å². The van der Waals surface area contributed by atoms with Crippen LogP contribution >= 0.6 is 11.3 Å². The number of hydrogen-bond acceptors (Lipinski definition) is 4. The number of hydrogen-bond donors (Lipinski definition) is 2. The summed E-state index contributed by atoms with van der Waals surface area (Å²) >= 11 is 1.37. The second kappa shape index (κ2) is 7.87. The predicted octanol–water partition coefficient (Wildman–Crippen LogP) is 4.84. The fourth-order valence-corrected chi connectivity index (χ4v) is 3.84.